The Hall–Kier alpha value is -6.24. The van der Waals surface area contributed by atoms with Crippen LogP contribution in [0.1, 0.15) is 27.0 Å². The molecule has 58 heavy (non-hydrogen) atoms. The van der Waals surface area contributed by atoms with Crippen LogP contribution in [0.3, 0.4) is 0 Å². The van der Waals surface area contributed by atoms with Crippen LogP contribution in [0.4, 0.5) is 15.6 Å². The number of fused-ring (bicyclic) bond motifs is 3. The number of aromatic nitrogens is 1. The summed E-state index contributed by atoms with van der Waals surface area (Å²) in [5.74, 6) is -0.902. The summed E-state index contributed by atoms with van der Waals surface area (Å²) in [6.07, 6.45) is -0.628. The number of carbonyl (C=O) groups is 4. The number of nitrogens with zero attached hydrogens (tertiary/aromatic N) is 6. The van der Waals surface area contributed by atoms with Crippen molar-refractivity contribution in [1.29, 1.82) is 5.26 Å². The van der Waals surface area contributed by atoms with E-state index >= 15 is 0 Å². The van der Waals surface area contributed by atoms with E-state index in [9.17, 15) is 24.4 Å². The first-order valence-electron chi connectivity index (χ1n) is 18.3. The number of hydrogen-bond acceptors (Lipinski definition) is 9. The summed E-state index contributed by atoms with van der Waals surface area (Å²) in [5, 5.41) is 21.3. The van der Waals surface area contributed by atoms with Crippen molar-refractivity contribution in [1.82, 2.24) is 30.1 Å². The van der Waals surface area contributed by atoms with Crippen molar-refractivity contribution < 1.29 is 19.2 Å². The van der Waals surface area contributed by atoms with Crippen LogP contribution in [0.25, 0.3) is 21.0 Å². The van der Waals surface area contributed by atoms with E-state index in [0.29, 0.717) is 37.5 Å². The van der Waals surface area contributed by atoms with Crippen LogP contribution in [0.5, 0.6) is 0 Å². The number of carbonyl (C=O) groups excluding carboxylic acids is 4. The molecule has 16 heteroatoms. The lowest BCUT2D eigenvalue weighted by Gasteiger charge is -2.46. The Morgan fingerprint density at radius 1 is 0.948 bits per heavy atom. The third-order valence-electron chi connectivity index (χ3n) is 10.3. The summed E-state index contributed by atoms with van der Waals surface area (Å²) in [7, 11) is 0. The van der Waals surface area contributed by atoms with E-state index in [-0.39, 0.29) is 56.9 Å². The number of thiazole rings is 1. The Bertz CT molecular complexity index is 2630. The van der Waals surface area contributed by atoms with Crippen LogP contribution in [-0.2, 0) is 29.1 Å². The average molecular weight is 833 g/mol. The minimum atomic E-state index is -0.949. The van der Waals surface area contributed by atoms with Crippen LogP contribution in [0, 0.1) is 11.3 Å². The first-order valence-corrected chi connectivity index (χ1v) is 19.9. The number of para-hydroxylation sites is 1. The monoisotopic (exact) mass is 831 g/mol. The summed E-state index contributed by atoms with van der Waals surface area (Å²) in [4.78, 5) is 63.3. The summed E-state index contributed by atoms with van der Waals surface area (Å²) in [6.45, 7) is -0.282. The molecule has 0 radical (unpaired) electrons. The van der Waals surface area contributed by atoms with Gasteiger partial charge in [-0.15, -0.1) is 0 Å². The van der Waals surface area contributed by atoms with Gasteiger partial charge in [0.15, 0.2) is 5.13 Å². The van der Waals surface area contributed by atoms with E-state index in [0.717, 1.165) is 26.6 Å². The van der Waals surface area contributed by atoms with Crippen molar-refractivity contribution in [3.05, 3.63) is 135 Å². The molecule has 13 nitrogen and oxygen atoms in total. The molecule has 0 saturated carbocycles. The van der Waals surface area contributed by atoms with Gasteiger partial charge in [-0.05, 0) is 63.9 Å². The third kappa shape index (κ3) is 7.72. The number of nitrogen functional groups attached to an aromatic ring is 1. The van der Waals surface area contributed by atoms with Crippen molar-refractivity contribution in [3.8, 4) is 6.07 Å². The molecule has 4 N–H and O–H groups in total. The summed E-state index contributed by atoms with van der Waals surface area (Å²) >= 11 is 13.6. The van der Waals surface area contributed by atoms with Crippen molar-refractivity contribution in [2.75, 3.05) is 30.7 Å². The maximum Gasteiger partial charge on any atom is 0.333 e. The lowest BCUT2D eigenvalue weighted by molar-refractivity contribution is -0.157. The van der Waals surface area contributed by atoms with Crippen LogP contribution in [0.2, 0.25) is 10.0 Å². The number of hydrogen-bond donors (Lipinski definition) is 3. The number of amides is 5. The highest BCUT2D eigenvalue weighted by Gasteiger charge is 2.52. The highest BCUT2D eigenvalue weighted by Crippen LogP contribution is 2.33. The molecule has 2 fully saturated rings. The first kappa shape index (κ1) is 38.6. The predicted molar refractivity (Wildman–Crippen MR) is 224 cm³/mol. The number of benzene rings is 5. The molecule has 3 heterocycles. The molecule has 0 aliphatic carbocycles. The van der Waals surface area contributed by atoms with Crippen LogP contribution in [-0.4, -0.2) is 80.4 Å². The largest absolute Gasteiger partial charge is 0.375 e. The molecule has 0 unspecified atom stereocenters. The standard InChI is InChI=1S/C42H35Cl2N9O4S/c43-32-16-13-26(19-33(32)44)21-47-42(57)51(18-17-45)52-24-37(54)53-34(40(56)50(23-36(52)53)22-28-7-4-10-35-38(28)49-41(46)58-35)20-25-11-14-29(15-12-25)48-39(55)31-9-3-6-27-5-1-2-8-30(27)31/h1-16,19,34,36H,18,20-24H2,(H2,46,49)(H,47,57)(H,48,55)/t34-,36+/m0/s1. The van der Waals surface area contributed by atoms with Gasteiger partial charge in [-0.3, -0.25) is 14.4 Å². The zero-order valence-corrected chi connectivity index (χ0v) is 33.1. The van der Waals surface area contributed by atoms with Gasteiger partial charge in [0.05, 0.1) is 39.4 Å². The number of nitriles is 1. The summed E-state index contributed by atoms with van der Waals surface area (Å²) in [6, 6.07) is 31.6. The molecule has 0 bridgehead atoms. The Balaban J connectivity index is 1.06. The van der Waals surface area contributed by atoms with Gasteiger partial charge in [-0.2, -0.15) is 10.3 Å². The summed E-state index contributed by atoms with van der Waals surface area (Å²) < 4.78 is 0.877. The van der Waals surface area contributed by atoms with E-state index in [1.165, 1.54) is 21.2 Å². The molecule has 5 amide bonds. The van der Waals surface area contributed by atoms with Gasteiger partial charge in [0.25, 0.3) is 5.91 Å². The van der Waals surface area contributed by atoms with Crippen LogP contribution < -0.4 is 16.4 Å². The van der Waals surface area contributed by atoms with E-state index in [2.05, 4.69) is 15.6 Å². The number of rotatable bonds is 10. The second kappa shape index (κ2) is 16.3. The van der Waals surface area contributed by atoms with E-state index in [4.69, 9.17) is 28.9 Å². The average Bonchev–Trinajstić information content (AvgIpc) is 3.77. The molecule has 292 valence electrons. The number of urea groups is 1. The third-order valence-corrected chi connectivity index (χ3v) is 11.9. The molecular formula is C42H35Cl2N9O4S. The molecule has 2 saturated heterocycles. The Labute approximate surface area is 347 Å². The van der Waals surface area contributed by atoms with Crippen LogP contribution in [0.15, 0.2) is 103 Å². The normalized spacial score (nSPS) is 16.7. The van der Waals surface area contributed by atoms with Gasteiger partial charge in [0.1, 0.15) is 18.8 Å². The Morgan fingerprint density at radius 3 is 2.50 bits per heavy atom. The predicted octanol–water partition coefficient (Wildman–Crippen LogP) is 6.66. The topological polar surface area (TPSA) is 168 Å². The molecule has 1 aromatic heterocycles. The number of nitrogens with two attached hydrogens (primary N) is 1. The Kier molecular flexibility index (Phi) is 10.9. The zero-order valence-electron chi connectivity index (χ0n) is 30.8. The van der Waals surface area contributed by atoms with Crippen molar-refractivity contribution in [2.45, 2.75) is 31.7 Å². The molecule has 0 spiro atoms. The van der Waals surface area contributed by atoms with E-state index < -0.39 is 18.2 Å². The lowest BCUT2D eigenvalue weighted by Crippen LogP contribution is -2.66. The molecular weight excluding hydrogens is 797 g/mol. The fraction of sp³-hybridized carbons (Fsp3) is 0.190. The molecule has 2 atom stereocenters. The molecule has 6 aromatic rings. The second-order valence-corrected chi connectivity index (χ2v) is 15.8. The Morgan fingerprint density at radius 2 is 1.71 bits per heavy atom. The molecule has 2 aliphatic heterocycles. The van der Waals surface area contributed by atoms with Gasteiger partial charge >= 0.3 is 6.03 Å². The smallest absolute Gasteiger partial charge is 0.333 e. The maximum atomic E-state index is 14.5. The summed E-state index contributed by atoms with van der Waals surface area (Å²) in [5.41, 5.74) is 10.1. The minimum absolute atomic E-state index is 0.0538. The first-order chi connectivity index (χ1) is 28.1. The highest BCUT2D eigenvalue weighted by atomic mass is 35.5. The van der Waals surface area contributed by atoms with Gasteiger partial charge in [0, 0.05) is 30.8 Å². The fourth-order valence-corrected chi connectivity index (χ4v) is 8.68. The number of piperazine rings is 1. The maximum absolute atomic E-state index is 14.5. The van der Waals surface area contributed by atoms with Crippen molar-refractivity contribution >= 4 is 90.1 Å². The van der Waals surface area contributed by atoms with Gasteiger partial charge < -0.3 is 26.2 Å². The SMILES string of the molecule is N#CCN(C(=O)NCc1ccc(Cl)c(Cl)c1)N1CC(=O)N2[C@@H](Cc3ccc(NC(=O)c4cccc5ccccc45)cc3)C(=O)N(Cc3cccc4sc(N)nc34)C[C@@H]21. The molecule has 8 rings (SSSR count). The van der Waals surface area contributed by atoms with Crippen LogP contribution >= 0.6 is 34.5 Å². The lowest BCUT2D eigenvalue weighted by atomic mass is 9.99. The van der Waals surface area contributed by atoms with Gasteiger partial charge in [-0.1, -0.05) is 101 Å². The highest BCUT2D eigenvalue weighted by molar-refractivity contribution is 7.22. The van der Waals surface area contributed by atoms with Gasteiger partial charge in [0.2, 0.25) is 11.8 Å². The quantitative estimate of drug-likeness (QED) is 0.129. The molecule has 5 aromatic carbocycles. The van der Waals surface area contributed by atoms with E-state index in [1.54, 1.807) is 46.3 Å². The van der Waals surface area contributed by atoms with Gasteiger partial charge in [-0.25, -0.2) is 14.8 Å². The number of hydrazine groups is 1. The number of halogens is 2. The van der Waals surface area contributed by atoms with Crippen molar-refractivity contribution in [3.63, 3.8) is 0 Å². The van der Waals surface area contributed by atoms with E-state index in [1.807, 2.05) is 72.8 Å². The zero-order chi connectivity index (χ0) is 40.5. The number of nitrogens with one attached hydrogen (secondary N) is 2. The number of anilines is 2. The molecule has 2 aliphatic rings. The fourth-order valence-electron chi connectivity index (χ4n) is 7.58. The van der Waals surface area contributed by atoms with Crippen molar-refractivity contribution in [2.24, 2.45) is 0 Å². The minimum Gasteiger partial charge on any atom is -0.375 e. The second-order valence-electron chi connectivity index (χ2n) is 13.9.